The van der Waals surface area contributed by atoms with E-state index in [0.717, 1.165) is 25.2 Å². The second-order valence-corrected chi connectivity index (χ2v) is 6.80. The monoisotopic (exact) mass is 329 g/mol. The molecule has 6 nitrogen and oxygen atoms in total. The predicted molar refractivity (Wildman–Crippen MR) is 93.8 cm³/mol. The van der Waals surface area contributed by atoms with Gasteiger partial charge in [-0.25, -0.2) is 9.48 Å². The molecule has 0 spiro atoms. The van der Waals surface area contributed by atoms with Crippen LogP contribution < -0.4 is 11.0 Å². The van der Waals surface area contributed by atoms with Crippen LogP contribution in [0.2, 0.25) is 0 Å². The van der Waals surface area contributed by atoms with Gasteiger partial charge < -0.3 is 5.32 Å². The highest BCUT2D eigenvalue weighted by molar-refractivity contribution is 5.08. The van der Waals surface area contributed by atoms with E-state index in [1.54, 1.807) is 11.6 Å². The van der Waals surface area contributed by atoms with E-state index in [9.17, 15) is 4.79 Å². The Labute approximate surface area is 142 Å². The van der Waals surface area contributed by atoms with Gasteiger partial charge in [0.1, 0.15) is 5.82 Å². The Bertz CT molecular complexity index is 706. The number of hydrogen-bond acceptors (Lipinski definition) is 4. The second-order valence-electron chi connectivity index (χ2n) is 6.80. The van der Waals surface area contributed by atoms with Gasteiger partial charge in [0, 0.05) is 39.0 Å². The first-order valence-electron chi connectivity index (χ1n) is 8.86. The van der Waals surface area contributed by atoms with Crippen LogP contribution in [-0.2, 0) is 26.9 Å². The fourth-order valence-corrected chi connectivity index (χ4v) is 3.69. The minimum Gasteiger partial charge on any atom is -0.313 e. The van der Waals surface area contributed by atoms with Crippen LogP contribution in [0.5, 0.6) is 0 Å². The number of aryl methyl sites for hydroxylation is 1. The van der Waals surface area contributed by atoms with Crippen LogP contribution in [-0.4, -0.2) is 31.9 Å². The van der Waals surface area contributed by atoms with Crippen LogP contribution in [0, 0.1) is 5.92 Å². The molecule has 24 heavy (non-hydrogen) atoms. The van der Waals surface area contributed by atoms with Gasteiger partial charge in [0.15, 0.2) is 0 Å². The van der Waals surface area contributed by atoms with Crippen molar-refractivity contribution in [3.8, 4) is 0 Å². The first-order valence-corrected chi connectivity index (χ1v) is 8.86. The molecule has 6 heteroatoms. The standard InChI is InChI=1S/C18H27N5O/c1-22-17(21-23(2)18(22)24)12-15-7-3-4-8-16(15)20-11-9-14-6-5-10-19-13-14/h5-6,10,13,15-16,20H,3-4,7-9,11-12H2,1-2H3/t15-,16-/m1/s1. The van der Waals surface area contributed by atoms with Crippen LogP contribution in [0.25, 0.3) is 0 Å². The highest BCUT2D eigenvalue weighted by Gasteiger charge is 2.26. The van der Waals surface area contributed by atoms with E-state index in [1.807, 2.05) is 25.5 Å². The molecule has 1 aliphatic rings. The van der Waals surface area contributed by atoms with Crippen LogP contribution in [0.1, 0.15) is 37.1 Å². The Balaban J connectivity index is 1.58. The molecule has 1 fully saturated rings. The maximum atomic E-state index is 11.9. The molecule has 0 radical (unpaired) electrons. The van der Waals surface area contributed by atoms with Gasteiger partial charge in [-0.1, -0.05) is 18.9 Å². The minimum atomic E-state index is -0.0399. The molecule has 1 aliphatic carbocycles. The lowest BCUT2D eigenvalue weighted by Gasteiger charge is -2.32. The maximum Gasteiger partial charge on any atom is 0.345 e. The van der Waals surface area contributed by atoms with Crippen molar-refractivity contribution >= 4 is 0 Å². The number of nitrogens with one attached hydrogen (secondary N) is 1. The number of nitrogens with zero attached hydrogens (tertiary/aromatic N) is 4. The van der Waals surface area contributed by atoms with E-state index in [1.165, 1.54) is 35.9 Å². The smallest absolute Gasteiger partial charge is 0.313 e. The van der Waals surface area contributed by atoms with Gasteiger partial charge in [-0.3, -0.25) is 9.55 Å². The zero-order valence-corrected chi connectivity index (χ0v) is 14.6. The van der Waals surface area contributed by atoms with Gasteiger partial charge in [-0.15, -0.1) is 0 Å². The first kappa shape index (κ1) is 16.9. The average Bonchev–Trinajstić information content (AvgIpc) is 2.84. The molecule has 0 saturated heterocycles. The van der Waals surface area contributed by atoms with Crippen molar-refractivity contribution in [2.75, 3.05) is 6.54 Å². The molecule has 0 unspecified atom stereocenters. The fourth-order valence-electron chi connectivity index (χ4n) is 3.69. The topological polar surface area (TPSA) is 64.7 Å². The number of rotatable bonds is 6. The summed E-state index contributed by atoms with van der Waals surface area (Å²) in [6.07, 6.45) is 10.6. The van der Waals surface area contributed by atoms with Gasteiger partial charge >= 0.3 is 5.69 Å². The largest absolute Gasteiger partial charge is 0.345 e. The van der Waals surface area contributed by atoms with E-state index >= 15 is 0 Å². The van der Waals surface area contributed by atoms with Crippen LogP contribution >= 0.6 is 0 Å². The van der Waals surface area contributed by atoms with Crippen molar-refractivity contribution < 1.29 is 0 Å². The van der Waals surface area contributed by atoms with Crippen molar-refractivity contribution in [2.24, 2.45) is 20.0 Å². The summed E-state index contributed by atoms with van der Waals surface area (Å²) < 4.78 is 3.12. The molecule has 0 aliphatic heterocycles. The zero-order chi connectivity index (χ0) is 16.9. The Kier molecular flexibility index (Phi) is 5.45. The molecule has 0 bridgehead atoms. The number of pyridine rings is 1. The van der Waals surface area contributed by atoms with Crippen molar-refractivity contribution in [1.82, 2.24) is 24.6 Å². The molecule has 2 aromatic rings. The lowest BCUT2D eigenvalue weighted by Crippen LogP contribution is -2.40. The molecule has 130 valence electrons. The second kappa shape index (κ2) is 7.75. The molecule has 3 rings (SSSR count). The molecule has 2 aromatic heterocycles. The summed E-state index contributed by atoms with van der Waals surface area (Å²) in [6, 6.07) is 4.62. The summed E-state index contributed by atoms with van der Waals surface area (Å²) in [5.74, 6) is 1.45. The maximum absolute atomic E-state index is 11.9. The van der Waals surface area contributed by atoms with E-state index < -0.39 is 0 Å². The first-order chi connectivity index (χ1) is 11.6. The van der Waals surface area contributed by atoms with Gasteiger partial charge in [0.25, 0.3) is 0 Å². The average molecular weight is 329 g/mol. The summed E-state index contributed by atoms with van der Waals surface area (Å²) in [7, 11) is 3.54. The summed E-state index contributed by atoms with van der Waals surface area (Å²) in [5.41, 5.74) is 1.23. The van der Waals surface area contributed by atoms with Crippen molar-refractivity contribution in [3.05, 3.63) is 46.4 Å². The quantitative estimate of drug-likeness (QED) is 0.871. The van der Waals surface area contributed by atoms with E-state index in [4.69, 9.17) is 0 Å². The Morgan fingerprint density at radius 1 is 1.29 bits per heavy atom. The van der Waals surface area contributed by atoms with Gasteiger partial charge in [-0.2, -0.15) is 5.10 Å². The van der Waals surface area contributed by atoms with Crippen molar-refractivity contribution in [3.63, 3.8) is 0 Å². The molecule has 0 amide bonds. The van der Waals surface area contributed by atoms with Crippen LogP contribution in [0.3, 0.4) is 0 Å². The molecule has 2 heterocycles. The van der Waals surface area contributed by atoms with Gasteiger partial charge in [0.2, 0.25) is 0 Å². The molecule has 1 N–H and O–H groups in total. The lowest BCUT2D eigenvalue weighted by molar-refractivity contribution is 0.257. The lowest BCUT2D eigenvalue weighted by atomic mass is 9.82. The molecule has 2 atom stereocenters. The summed E-state index contributed by atoms with van der Waals surface area (Å²) in [6.45, 7) is 0.966. The molecule has 1 saturated carbocycles. The Morgan fingerprint density at radius 3 is 2.83 bits per heavy atom. The number of hydrogen-bond donors (Lipinski definition) is 1. The van der Waals surface area contributed by atoms with Crippen molar-refractivity contribution in [2.45, 2.75) is 44.6 Å². The Morgan fingerprint density at radius 2 is 2.12 bits per heavy atom. The fraction of sp³-hybridized carbons (Fsp3) is 0.611. The van der Waals surface area contributed by atoms with E-state index in [2.05, 4.69) is 21.5 Å². The normalized spacial score (nSPS) is 21.1. The van der Waals surface area contributed by atoms with Crippen LogP contribution in [0.4, 0.5) is 0 Å². The molecular weight excluding hydrogens is 302 g/mol. The minimum absolute atomic E-state index is 0.0399. The van der Waals surface area contributed by atoms with Gasteiger partial charge in [-0.05, 0) is 43.4 Å². The summed E-state index contributed by atoms with van der Waals surface area (Å²) in [4.78, 5) is 16.1. The SMILES string of the molecule is Cn1nc(C[C@H]2CCCC[C@H]2NCCc2cccnc2)n(C)c1=O. The molecular formula is C18H27N5O. The third kappa shape index (κ3) is 3.93. The summed E-state index contributed by atoms with van der Waals surface area (Å²) >= 11 is 0. The van der Waals surface area contributed by atoms with Crippen LogP contribution in [0.15, 0.2) is 29.3 Å². The number of aromatic nitrogens is 4. The highest BCUT2D eigenvalue weighted by Crippen LogP contribution is 2.27. The third-order valence-electron chi connectivity index (χ3n) is 5.11. The van der Waals surface area contributed by atoms with E-state index in [-0.39, 0.29) is 5.69 Å². The summed E-state index contributed by atoms with van der Waals surface area (Å²) in [5, 5.41) is 8.13. The zero-order valence-electron chi connectivity index (χ0n) is 14.6. The highest BCUT2D eigenvalue weighted by atomic mass is 16.2. The third-order valence-corrected chi connectivity index (χ3v) is 5.11. The Hall–Kier alpha value is -1.95. The van der Waals surface area contributed by atoms with Gasteiger partial charge in [0.05, 0.1) is 0 Å². The van der Waals surface area contributed by atoms with Crippen molar-refractivity contribution in [1.29, 1.82) is 0 Å². The molecule has 0 aromatic carbocycles. The predicted octanol–water partition coefficient (Wildman–Crippen LogP) is 1.45. The van der Waals surface area contributed by atoms with E-state index in [0.29, 0.717) is 12.0 Å².